The van der Waals surface area contributed by atoms with E-state index >= 15 is 0 Å². The van der Waals surface area contributed by atoms with Crippen LogP contribution in [0.2, 0.25) is 0 Å². The first-order chi connectivity index (χ1) is 18.7. The molecule has 1 saturated carbocycles. The first kappa shape index (κ1) is 30.1. The average molecular weight is 535 g/mol. The van der Waals surface area contributed by atoms with E-state index in [4.69, 9.17) is 9.84 Å². The van der Waals surface area contributed by atoms with Gasteiger partial charge in [-0.1, -0.05) is 109 Å². The molecule has 3 heteroatoms. The highest BCUT2D eigenvalue weighted by Gasteiger charge is 2.37. The fourth-order valence-electron chi connectivity index (χ4n) is 7.24. The molecule has 3 aliphatic carbocycles. The van der Waals surface area contributed by atoms with E-state index < -0.39 is 0 Å². The molecule has 1 fully saturated rings. The SMILES string of the molecule is CC1(C)CCC(C)(C)c2cc(C3=CCC(C4CCCC(CCCCCO)CCC4)=CC=C3OCCO)ccc21. The maximum atomic E-state index is 9.53. The van der Waals surface area contributed by atoms with Crippen LogP contribution in [-0.2, 0) is 15.6 Å². The van der Waals surface area contributed by atoms with E-state index in [0.29, 0.717) is 19.1 Å². The zero-order valence-electron chi connectivity index (χ0n) is 25.2. The van der Waals surface area contributed by atoms with Crippen LogP contribution in [0.3, 0.4) is 0 Å². The summed E-state index contributed by atoms with van der Waals surface area (Å²) in [5, 5.41) is 18.6. The van der Waals surface area contributed by atoms with E-state index in [1.807, 2.05) is 0 Å². The average Bonchev–Trinajstić information content (AvgIpc) is 3.11. The number of benzene rings is 1. The minimum atomic E-state index is 0.0242. The summed E-state index contributed by atoms with van der Waals surface area (Å²) in [6.07, 6.45) is 22.9. The molecule has 0 aromatic heterocycles. The second-order valence-electron chi connectivity index (χ2n) is 13.7. The predicted molar refractivity (Wildman–Crippen MR) is 164 cm³/mol. The molecule has 4 rings (SSSR count). The van der Waals surface area contributed by atoms with Crippen molar-refractivity contribution < 1.29 is 14.9 Å². The third kappa shape index (κ3) is 7.67. The van der Waals surface area contributed by atoms with E-state index in [0.717, 1.165) is 24.5 Å². The number of aliphatic hydroxyl groups excluding tert-OH is 2. The van der Waals surface area contributed by atoms with Gasteiger partial charge < -0.3 is 14.9 Å². The number of hydrogen-bond donors (Lipinski definition) is 2. The topological polar surface area (TPSA) is 49.7 Å². The molecule has 216 valence electrons. The van der Waals surface area contributed by atoms with Crippen molar-refractivity contribution in [1.29, 1.82) is 0 Å². The van der Waals surface area contributed by atoms with Gasteiger partial charge in [-0.25, -0.2) is 0 Å². The summed E-state index contributed by atoms with van der Waals surface area (Å²) in [7, 11) is 0. The molecule has 3 nitrogen and oxygen atoms in total. The Hall–Kier alpha value is -1.84. The zero-order valence-corrected chi connectivity index (χ0v) is 25.2. The van der Waals surface area contributed by atoms with Gasteiger partial charge in [-0.05, 0) is 84.0 Å². The number of allylic oxidation sites excluding steroid dienone is 5. The molecule has 0 atom stereocenters. The highest BCUT2D eigenvalue weighted by Crippen LogP contribution is 2.47. The lowest BCUT2D eigenvalue weighted by atomic mass is 9.63. The number of rotatable bonds is 10. The van der Waals surface area contributed by atoms with E-state index in [1.165, 1.54) is 98.5 Å². The van der Waals surface area contributed by atoms with Gasteiger partial charge in [-0.15, -0.1) is 0 Å². The number of aliphatic hydroxyl groups is 2. The van der Waals surface area contributed by atoms with Crippen LogP contribution >= 0.6 is 0 Å². The lowest BCUT2D eigenvalue weighted by Crippen LogP contribution is -2.33. The van der Waals surface area contributed by atoms with Crippen molar-refractivity contribution in [3.8, 4) is 0 Å². The Labute approximate surface area is 238 Å². The molecule has 0 radical (unpaired) electrons. The van der Waals surface area contributed by atoms with Gasteiger partial charge in [0.05, 0.1) is 6.61 Å². The Morgan fingerprint density at radius 1 is 0.821 bits per heavy atom. The van der Waals surface area contributed by atoms with Crippen LogP contribution in [0.1, 0.15) is 128 Å². The molecule has 0 spiro atoms. The highest BCUT2D eigenvalue weighted by molar-refractivity contribution is 5.79. The van der Waals surface area contributed by atoms with Gasteiger partial charge in [0.2, 0.25) is 0 Å². The van der Waals surface area contributed by atoms with Crippen LogP contribution in [0.15, 0.2) is 47.8 Å². The minimum Gasteiger partial charge on any atom is -0.491 e. The van der Waals surface area contributed by atoms with E-state index in [1.54, 1.807) is 0 Å². The third-order valence-corrected chi connectivity index (χ3v) is 9.89. The van der Waals surface area contributed by atoms with Gasteiger partial charge >= 0.3 is 0 Å². The molecule has 0 saturated heterocycles. The summed E-state index contributed by atoms with van der Waals surface area (Å²) in [5.41, 5.74) is 7.28. The van der Waals surface area contributed by atoms with E-state index in [2.05, 4.69) is 64.1 Å². The number of fused-ring (bicyclic) bond motifs is 1. The summed E-state index contributed by atoms with van der Waals surface area (Å²) >= 11 is 0. The second-order valence-corrected chi connectivity index (χ2v) is 13.7. The van der Waals surface area contributed by atoms with E-state index in [9.17, 15) is 5.11 Å². The Balaban J connectivity index is 1.51. The van der Waals surface area contributed by atoms with Crippen molar-refractivity contribution in [2.75, 3.05) is 19.8 Å². The zero-order chi connectivity index (χ0) is 27.9. The first-order valence-corrected chi connectivity index (χ1v) is 15.9. The van der Waals surface area contributed by atoms with Gasteiger partial charge in [-0.2, -0.15) is 0 Å². The van der Waals surface area contributed by atoms with Crippen LogP contribution in [-0.4, -0.2) is 30.0 Å². The summed E-state index contributed by atoms with van der Waals surface area (Å²) in [6, 6.07) is 7.09. The van der Waals surface area contributed by atoms with Gasteiger partial charge in [0.1, 0.15) is 12.4 Å². The normalized spacial score (nSPS) is 24.8. The number of ether oxygens (including phenoxy) is 1. The Kier molecular flexibility index (Phi) is 10.6. The molecule has 2 N–H and O–H groups in total. The maximum absolute atomic E-state index is 9.53. The van der Waals surface area contributed by atoms with Crippen molar-refractivity contribution in [3.63, 3.8) is 0 Å². The van der Waals surface area contributed by atoms with Gasteiger partial charge in [0.15, 0.2) is 0 Å². The molecule has 0 aliphatic heterocycles. The van der Waals surface area contributed by atoms with Crippen LogP contribution in [0.5, 0.6) is 0 Å². The maximum Gasteiger partial charge on any atom is 0.126 e. The fraction of sp³-hybridized carbons (Fsp3) is 0.667. The summed E-state index contributed by atoms with van der Waals surface area (Å²) in [5.74, 6) is 2.41. The van der Waals surface area contributed by atoms with Crippen LogP contribution in [0.4, 0.5) is 0 Å². The first-order valence-electron chi connectivity index (χ1n) is 15.9. The minimum absolute atomic E-state index is 0.0242. The molecule has 3 aliphatic rings. The molecule has 1 aromatic rings. The highest BCUT2D eigenvalue weighted by atomic mass is 16.5. The summed E-state index contributed by atoms with van der Waals surface area (Å²) in [4.78, 5) is 0. The monoisotopic (exact) mass is 534 g/mol. The fourth-order valence-corrected chi connectivity index (χ4v) is 7.24. The standard InChI is InChI=1S/C36H54O3/c1-35(2)21-22-36(3,4)33-26-30(16-19-32(33)35)31-18-15-29(17-20-34(31)39-25-24-38)28-13-8-11-27(12-9-14-28)10-6-5-7-23-37/h16-20,26-28,37-38H,5-15,21-25H2,1-4H3. The van der Waals surface area contributed by atoms with Gasteiger partial charge in [-0.3, -0.25) is 0 Å². The number of unbranched alkanes of at least 4 members (excludes halogenated alkanes) is 2. The number of hydrogen-bond acceptors (Lipinski definition) is 3. The smallest absolute Gasteiger partial charge is 0.126 e. The Morgan fingerprint density at radius 3 is 2.23 bits per heavy atom. The molecule has 0 bridgehead atoms. The van der Waals surface area contributed by atoms with Gasteiger partial charge in [0, 0.05) is 12.2 Å². The van der Waals surface area contributed by atoms with Crippen molar-refractivity contribution in [2.24, 2.45) is 11.8 Å². The lowest BCUT2D eigenvalue weighted by molar-refractivity contribution is 0.154. The third-order valence-electron chi connectivity index (χ3n) is 9.89. The summed E-state index contributed by atoms with van der Waals surface area (Å²) < 4.78 is 6.15. The quantitative estimate of drug-likeness (QED) is 0.295. The lowest BCUT2D eigenvalue weighted by Gasteiger charge is -2.42. The van der Waals surface area contributed by atoms with Crippen LogP contribution in [0, 0.1) is 11.8 Å². The van der Waals surface area contributed by atoms with Crippen molar-refractivity contribution in [3.05, 3.63) is 64.4 Å². The molecule has 0 heterocycles. The Morgan fingerprint density at radius 2 is 1.54 bits per heavy atom. The van der Waals surface area contributed by atoms with Crippen LogP contribution in [0.25, 0.3) is 5.57 Å². The molecule has 39 heavy (non-hydrogen) atoms. The Bertz CT molecular complexity index is 1030. The molecule has 0 amide bonds. The van der Waals surface area contributed by atoms with E-state index in [-0.39, 0.29) is 17.4 Å². The van der Waals surface area contributed by atoms with Crippen molar-refractivity contribution in [1.82, 2.24) is 0 Å². The molecule has 1 aromatic carbocycles. The second kappa shape index (κ2) is 13.7. The van der Waals surface area contributed by atoms with Crippen molar-refractivity contribution >= 4 is 5.57 Å². The largest absolute Gasteiger partial charge is 0.491 e. The van der Waals surface area contributed by atoms with Crippen LogP contribution < -0.4 is 0 Å². The van der Waals surface area contributed by atoms with Crippen molar-refractivity contribution in [2.45, 2.75) is 122 Å². The predicted octanol–water partition coefficient (Wildman–Crippen LogP) is 8.78. The van der Waals surface area contributed by atoms with Gasteiger partial charge in [0.25, 0.3) is 0 Å². The molecular weight excluding hydrogens is 480 g/mol. The molecule has 0 unspecified atom stereocenters. The molecular formula is C36H54O3. The summed E-state index contributed by atoms with van der Waals surface area (Å²) in [6.45, 7) is 10.2.